The van der Waals surface area contributed by atoms with Gasteiger partial charge in [-0.3, -0.25) is 9.36 Å². The lowest BCUT2D eigenvalue weighted by molar-refractivity contribution is -0.119. The van der Waals surface area contributed by atoms with E-state index in [1.807, 2.05) is 13.8 Å². The molecule has 0 aliphatic carbocycles. The summed E-state index contributed by atoms with van der Waals surface area (Å²) in [6, 6.07) is 0.206. The lowest BCUT2D eigenvalue weighted by Gasteiger charge is -2.10. The summed E-state index contributed by atoms with van der Waals surface area (Å²) in [5.74, 6) is 0.682. The highest BCUT2D eigenvalue weighted by Gasteiger charge is 2.10. The van der Waals surface area contributed by atoms with Crippen LogP contribution in [0.3, 0.4) is 0 Å². The molecule has 0 bridgehead atoms. The van der Waals surface area contributed by atoms with Crippen molar-refractivity contribution >= 4 is 23.6 Å². The molecule has 1 amide bonds. The molecule has 1 atom stereocenters. The van der Waals surface area contributed by atoms with Gasteiger partial charge in [0, 0.05) is 13.1 Å². The summed E-state index contributed by atoms with van der Waals surface area (Å²) in [5, 5.41) is 11.1. The van der Waals surface area contributed by atoms with E-state index in [1.165, 1.54) is 11.8 Å². The van der Waals surface area contributed by atoms with E-state index in [9.17, 15) is 4.79 Å². The molecule has 1 heterocycles. The van der Waals surface area contributed by atoms with Crippen LogP contribution in [0.25, 0.3) is 0 Å². The standard InChI is InChI=1S/C9H17N5OS/c1-4-6(2)11-7(15)5-16-9-13-12-8(10)14(9)3/h6H,4-5H2,1-3H3,(H2,10,12)(H,11,15). The van der Waals surface area contributed by atoms with Crippen LogP contribution in [0.15, 0.2) is 5.16 Å². The molecule has 0 aromatic carbocycles. The van der Waals surface area contributed by atoms with E-state index in [0.717, 1.165) is 6.42 Å². The summed E-state index contributed by atoms with van der Waals surface area (Å²) in [5.41, 5.74) is 5.52. The smallest absolute Gasteiger partial charge is 0.230 e. The maximum atomic E-state index is 11.5. The van der Waals surface area contributed by atoms with E-state index in [0.29, 0.717) is 16.9 Å². The van der Waals surface area contributed by atoms with Crippen LogP contribution in [-0.4, -0.2) is 32.5 Å². The first-order valence-electron chi connectivity index (χ1n) is 5.11. The van der Waals surface area contributed by atoms with Gasteiger partial charge >= 0.3 is 0 Å². The second-order valence-corrected chi connectivity index (χ2v) is 4.51. The number of carbonyl (C=O) groups is 1. The molecule has 7 heteroatoms. The number of rotatable bonds is 5. The zero-order chi connectivity index (χ0) is 12.1. The SMILES string of the molecule is CCC(C)NC(=O)CSc1nnc(N)n1C. The Morgan fingerprint density at radius 1 is 1.62 bits per heavy atom. The Kier molecular flexibility index (Phi) is 4.60. The first-order valence-corrected chi connectivity index (χ1v) is 6.10. The minimum atomic E-state index is 0.000853. The largest absolute Gasteiger partial charge is 0.368 e. The van der Waals surface area contributed by atoms with Gasteiger partial charge in [-0.1, -0.05) is 18.7 Å². The van der Waals surface area contributed by atoms with Crippen LogP contribution < -0.4 is 11.1 Å². The van der Waals surface area contributed by atoms with Gasteiger partial charge in [-0.05, 0) is 13.3 Å². The molecule has 0 saturated carbocycles. The first kappa shape index (κ1) is 12.8. The number of nitrogen functional groups attached to an aromatic ring is 1. The van der Waals surface area contributed by atoms with Crippen LogP contribution in [0.2, 0.25) is 0 Å². The fourth-order valence-electron chi connectivity index (χ4n) is 1.00. The van der Waals surface area contributed by atoms with Crippen molar-refractivity contribution in [3.05, 3.63) is 0 Å². The number of anilines is 1. The Bertz CT molecular complexity index is 365. The Labute approximate surface area is 99.0 Å². The van der Waals surface area contributed by atoms with Crippen LogP contribution >= 0.6 is 11.8 Å². The summed E-state index contributed by atoms with van der Waals surface area (Å²) < 4.78 is 1.65. The van der Waals surface area contributed by atoms with Gasteiger partial charge in [-0.25, -0.2) is 0 Å². The molecular formula is C9H17N5OS. The van der Waals surface area contributed by atoms with Crippen molar-refractivity contribution in [2.24, 2.45) is 7.05 Å². The van der Waals surface area contributed by atoms with Gasteiger partial charge in [0.25, 0.3) is 0 Å². The van der Waals surface area contributed by atoms with Crippen LogP contribution in [0.4, 0.5) is 5.95 Å². The number of nitrogens with one attached hydrogen (secondary N) is 1. The fraction of sp³-hybridized carbons (Fsp3) is 0.667. The molecule has 0 spiro atoms. The monoisotopic (exact) mass is 243 g/mol. The number of hydrogen-bond acceptors (Lipinski definition) is 5. The third kappa shape index (κ3) is 3.41. The second-order valence-electron chi connectivity index (χ2n) is 3.57. The Balaban J connectivity index is 2.40. The number of carbonyl (C=O) groups excluding carboxylic acids is 1. The van der Waals surface area contributed by atoms with Gasteiger partial charge < -0.3 is 11.1 Å². The van der Waals surface area contributed by atoms with Crippen molar-refractivity contribution < 1.29 is 4.79 Å². The van der Waals surface area contributed by atoms with Crippen molar-refractivity contribution in [3.63, 3.8) is 0 Å². The van der Waals surface area contributed by atoms with Gasteiger partial charge in [0.1, 0.15) is 0 Å². The van der Waals surface area contributed by atoms with Gasteiger partial charge in [0.2, 0.25) is 11.9 Å². The number of hydrogen-bond donors (Lipinski definition) is 2. The molecule has 0 aliphatic heterocycles. The van der Waals surface area contributed by atoms with Gasteiger partial charge in [0.05, 0.1) is 5.75 Å². The zero-order valence-electron chi connectivity index (χ0n) is 9.73. The van der Waals surface area contributed by atoms with Crippen LogP contribution in [0, 0.1) is 0 Å². The third-order valence-electron chi connectivity index (χ3n) is 2.22. The van der Waals surface area contributed by atoms with Crippen molar-refractivity contribution in [3.8, 4) is 0 Å². The van der Waals surface area contributed by atoms with E-state index in [-0.39, 0.29) is 11.9 Å². The normalized spacial score (nSPS) is 12.4. The third-order valence-corrected chi connectivity index (χ3v) is 3.24. The molecular weight excluding hydrogens is 226 g/mol. The molecule has 0 aliphatic rings. The highest BCUT2D eigenvalue weighted by atomic mass is 32.2. The van der Waals surface area contributed by atoms with E-state index < -0.39 is 0 Å². The number of nitrogens with two attached hydrogens (primary N) is 1. The Hall–Kier alpha value is -1.24. The summed E-state index contributed by atoms with van der Waals surface area (Å²) in [4.78, 5) is 11.5. The molecule has 90 valence electrons. The minimum Gasteiger partial charge on any atom is -0.368 e. The topological polar surface area (TPSA) is 85.8 Å². The second kappa shape index (κ2) is 5.74. The predicted octanol–water partition coefficient (Wildman–Crippen LogP) is 0.404. The van der Waals surface area contributed by atoms with Crippen molar-refractivity contribution in [2.45, 2.75) is 31.5 Å². The number of aromatic nitrogens is 3. The van der Waals surface area contributed by atoms with Crippen LogP contribution in [-0.2, 0) is 11.8 Å². The van der Waals surface area contributed by atoms with E-state index in [2.05, 4.69) is 15.5 Å². The predicted molar refractivity (Wildman–Crippen MR) is 64.0 cm³/mol. The quantitative estimate of drug-likeness (QED) is 0.731. The molecule has 3 N–H and O–H groups in total. The van der Waals surface area contributed by atoms with E-state index in [4.69, 9.17) is 5.73 Å². The Morgan fingerprint density at radius 3 is 2.81 bits per heavy atom. The summed E-state index contributed by atoms with van der Waals surface area (Å²) >= 11 is 1.33. The molecule has 6 nitrogen and oxygen atoms in total. The van der Waals surface area contributed by atoms with Crippen molar-refractivity contribution in [1.29, 1.82) is 0 Å². The molecule has 0 radical (unpaired) electrons. The van der Waals surface area contributed by atoms with Gasteiger partial charge in [-0.2, -0.15) is 0 Å². The van der Waals surface area contributed by atoms with Gasteiger partial charge in [-0.15, -0.1) is 10.2 Å². The first-order chi connectivity index (χ1) is 7.54. The molecule has 1 aromatic heterocycles. The molecule has 1 aromatic rings. The lowest BCUT2D eigenvalue weighted by atomic mass is 10.3. The lowest BCUT2D eigenvalue weighted by Crippen LogP contribution is -2.33. The molecule has 0 saturated heterocycles. The number of nitrogens with zero attached hydrogens (tertiary/aromatic N) is 3. The number of thioether (sulfide) groups is 1. The molecule has 0 fully saturated rings. The maximum absolute atomic E-state index is 11.5. The highest BCUT2D eigenvalue weighted by molar-refractivity contribution is 7.99. The highest BCUT2D eigenvalue weighted by Crippen LogP contribution is 2.15. The Morgan fingerprint density at radius 2 is 2.31 bits per heavy atom. The van der Waals surface area contributed by atoms with E-state index >= 15 is 0 Å². The average Bonchev–Trinajstić information content (AvgIpc) is 2.57. The molecule has 1 rings (SSSR count). The number of amides is 1. The fourth-order valence-corrected chi connectivity index (χ4v) is 1.73. The molecule has 16 heavy (non-hydrogen) atoms. The summed E-state index contributed by atoms with van der Waals surface area (Å²) in [6.07, 6.45) is 0.924. The van der Waals surface area contributed by atoms with Crippen molar-refractivity contribution in [1.82, 2.24) is 20.1 Å². The zero-order valence-corrected chi connectivity index (χ0v) is 10.5. The summed E-state index contributed by atoms with van der Waals surface area (Å²) in [6.45, 7) is 4.00. The average molecular weight is 243 g/mol. The molecule has 1 unspecified atom stereocenters. The maximum Gasteiger partial charge on any atom is 0.230 e. The van der Waals surface area contributed by atoms with E-state index in [1.54, 1.807) is 11.6 Å². The van der Waals surface area contributed by atoms with Crippen LogP contribution in [0.5, 0.6) is 0 Å². The van der Waals surface area contributed by atoms with Crippen molar-refractivity contribution in [2.75, 3.05) is 11.5 Å². The minimum absolute atomic E-state index is 0.000853. The van der Waals surface area contributed by atoms with Gasteiger partial charge in [0.15, 0.2) is 5.16 Å². The van der Waals surface area contributed by atoms with Crippen LogP contribution in [0.1, 0.15) is 20.3 Å². The summed E-state index contributed by atoms with van der Waals surface area (Å²) in [7, 11) is 1.77.